The predicted molar refractivity (Wildman–Crippen MR) is 76.1 cm³/mol. The van der Waals surface area contributed by atoms with Crippen molar-refractivity contribution < 1.29 is 4.79 Å². The van der Waals surface area contributed by atoms with E-state index in [1.807, 2.05) is 31.1 Å². The Kier molecular flexibility index (Phi) is 4.74. The summed E-state index contributed by atoms with van der Waals surface area (Å²) < 4.78 is 0. The van der Waals surface area contributed by atoms with Crippen molar-refractivity contribution in [3.05, 3.63) is 23.9 Å². The van der Waals surface area contributed by atoms with E-state index < -0.39 is 0 Å². The summed E-state index contributed by atoms with van der Waals surface area (Å²) >= 11 is 0. The van der Waals surface area contributed by atoms with Crippen molar-refractivity contribution in [2.24, 2.45) is 0 Å². The van der Waals surface area contributed by atoms with E-state index in [-0.39, 0.29) is 5.91 Å². The molecule has 5 heteroatoms. The summed E-state index contributed by atoms with van der Waals surface area (Å²) in [5, 5.41) is 6.23. The molecule has 19 heavy (non-hydrogen) atoms. The maximum absolute atomic E-state index is 11.5. The first-order valence-corrected chi connectivity index (χ1v) is 6.85. The Hall–Kier alpha value is -1.62. The molecule has 1 heterocycles. The molecule has 0 aliphatic heterocycles. The lowest BCUT2D eigenvalue weighted by Gasteiger charge is -2.17. The number of carbonyl (C=O) groups excluding carboxylic acids is 1. The molecule has 1 fully saturated rings. The second kappa shape index (κ2) is 6.52. The van der Waals surface area contributed by atoms with Gasteiger partial charge < -0.3 is 15.5 Å². The summed E-state index contributed by atoms with van der Waals surface area (Å²) in [6.07, 6.45) is 4.46. The zero-order valence-corrected chi connectivity index (χ0v) is 11.6. The van der Waals surface area contributed by atoms with Crippen molar-refractivity contribution in [1.82, 2.24) is 15.6 Å². The predicted octanol–water partition coefficient (Wildman–Crippen LogP) is 0.906. The first-order chi connectivity index (χ1) is 9.19. The fraction of sp³-hybridized carbons (Fsp3) is 0.571. The van der Waals surface area contributed by atoms with Gasteiger partial charge in [-0.25, -0.2) is 4.98 Å². The van der Waals surface area contributed by atoms with Gasteiger partial charge in [-0.3, -0.25) is 4.79 Å². The molecule has 1 aliphatic rings. The Bertz CT molecular complexity index is 414. The molecule has 0 unspecified atom stereocenters. The minimum absolute atomic E-state index is 0.0197. The SMILES string of the molecule is CCNC(=O)CN(C)c1ccc(CNC2CC2)cn1. The maximum Gasteiger partial charge on any atom is 0.239 e. The van der Waals surface area contributed by atoms with Crippen molar-refractivity contribution in [3.63, 3.8) is 0 Å². The number of hydrogen-bond acceptors (Lipinski definition) is 4. The van der Waals surface area contributed by atoms with E-state index in [1.165, 1.54) is 18.4 Å². The van der Waals surface area contributed by atoms with Crippen LogP contribution in [0.4, 0.5) is 5.82 Å². The van der Waals surface area contributed by atoms with Crippen molar-refractivity contribution in [2.45, 2.75) is 32.4 Å². The number of amides is 1. The number of pyridine rings is 1. The lowest BCUT2D eigenvalue weighted by atomic mass is 10.2. The molecular weight excluding hydrogens is 240 g/mol. The molecule has 1 aliphatic carbocycles. The second-order valence-electron chi connectivity index (χ2n) is 4.99. The average molecular weight is 262 g/mol. The van der Waals surface area contributed by atoms with Crippen LogP contribution in [0.15, 0.2) is 18.3 Å². The van der Waals surface area contributed by atoms with Crippen LogP contribution >= 0.6 is 0 Å². The maximum atomic E-state index is 11.5. The van der Waals surface area contributed by atoms with Crippen molar-refractivity contribution in [2.75, 3.05) is 25.0 Å². The van der Waals surface area contributed by atoms with E-state index in [9.17, 15) is 4.79 Å². The highest BCUT2D eigenvalue weighted by atomic mass is 16.2. The van der Waals surface area contributed by atoms with Gasteiger partial charge in [0.15, 0.2) is 0 Å². The first kappa shape index (κ1) is 13.8. The molecule has 1 aromatic rings. The van der Waals surface area contributed by atoms with E-state index in [1.54, 1.807) is 0 Å². The number of likely N-dealkylation sites (N-methyl/N-ethyl adjacent to an activating group) is 2. The van der Waals surface area contributed by atoms with Crippen LogP contribution in [-0.4, -0.2) is 37.1 Å². The molecule has 0 atom stereocenters. The topological polar surface area (TPSA) is 57.3 Å². The van der Waals surface area contributed by atoms with Gasteiger partial charge in [0.05, 0.1) is 6.54 Å². The molecule has 0 radical (unpaired) electrons. The number of carbonyl (C=O) groups is 1. The Balaban J connectivity index is 1.83. The summed E-state index contributed by atoms with van der Waals surface area (Å²) in [7, 11) is 1.87. The van der Waals surface area contributed by atoms with Crippen molar-refractivity contribution >= 4 is 11.7 Å². The molecule has 5 nitrogen and oxygen atoms in total. The van der Waals surface area contributed by atoms with Gasteiger partial charge in [0.1, 0.15) is 5.82 Å². The third-order valence-electron chi connectivity index (χ3n) is 3.13. The Morgan fingerprint density at radius 3 is 2.84 bits per heavy atom. The van der Waals surface area contributed by atoms with Gasteiger partial charge in [0, 0.05) is 32.4 Å². The average Bonchev–Trinajstić information content (AvgIpc) is 3.21. The van der Waals surface area contributed by atoms with Gasteiger partial charge in [-0.1, -0.05) is 6.07 Å². The molecule has 104 valence electrons. The van der Waals surface area contributed by atoms with Crippen LogP contribution in [0.1, 0.15) is 25.3 Å². The second-order valence-corrected chi connectivity index (χ2v) is 4.99. The van der Waals surface area contributed by atoms with Crippen molar-refractivity contribution in [1.29, 1.82) is 0 Å². The van der Waals surface area contributed by atoms with Gasteiger partial charge in [0.2, 0.25) is 5.91 Å². The lowest BCUT2D eigenvalue weighted by molar-refractivity contribution is -0.119. The zero-order valence-electron chi connectivity index (χ0n) is 11.6. The standard InChI is InChI=1S/C14H22N4O/c1-3-15-14(19)10-18(2)13-7-4-11(9-17-13)8-16-12-5-6-12/h4,7,9,12,16H,3,5-6,8,10H2,1-2H3,(H,15,19). The number of rotatable bonds is 7. The van der Waals surface area contributed by atoms with Crippen molar-refractivity contribution in [3.8, 4) is 0 Å². The van der Waals surface area contributed by atoms with E-state index in [0.717, 1.165) is 12.4 Å². The smallest absolute Gasteiger partial charge is 0.239 e. The molecule has 0 aromatic carbocycles. The molecule has 0 bridgehead atoms. The summed E-state index contributed by atoms with van der Waals surface area (Å²) in [5.41, 5.74) is 1.18. The minimum atomic E-state index is 0.0197. The van der Waals surface area contributed by atoms with E-state index in [4.69, 9.17) is 0 Å². The molecular formula is C14H22N4O. The van der Waals surface area contributed by atoms with Gasteiger partial charge in [-0.15, -0.1) is 0 Å². The van der Waals surface area contributed by atoms with Crippen LogP contribution in [-0.2, 0) is 11.3 Å². The molecule has 0 saturated heterocycles. The van der Waals surface area contributed by atoms with Crippen LogP contribution in [0.5, 0.6) is 0 Å². The quantitative estimate of drug-likeness (QED) is 0.767. The number of nitrogens with zero attached hydrogens (tertiary/aromatic N) is 2. The molecule has 2 N–H and O–H groups in total. The van der Waals surface area contributed by atoms with E-state index in [0.29, 0.717) is 19.1 Å². The number of anilines is 1. The molecule has 1 aromatic heterocycles. The van der Waals surface area contributed by atoms with Crippen LogP contribution in [0.2, 0.25) is 0 Å². The monoisotopic (exact) mass is 262 g/mol. The normalized spacial score (nSPS) is 14.2. The summed E-state index contributed by atoms with van der Waals surface area (Å²) in [6, 6.07) is 4.73. The summed E-state index contributed by atoms with van der Waals surface area (Å²) in [4.78, 5) is 17.7. The zero-order chi connectivity index (χ0) is 13.7. The third-order valence-corrected chi connectivity index (χ3v) is 3.13. The highest BCUT2D eigenvalue weighted by molar-refractivity contribution is 5.80. The van der Waals surface area contributed by atoms with Crippen LogP contribution in [0.25, 0.3) is 0 Å². The number of hydrogen-bond donors (Lipinski definition) is 2. The minimum Gasteiger partial charge on any atom is -0.355 e. The van der Waals surface area contributed by atoms with Gasteiger partial charge in [-0.05, 0) is 31.4 Å². The van der Waals surface area contributed by atoms with Crippen LogP contribution < -0.4 is 15.5 Å². The number of nitrogens with one attached hydrogen (secondary N) is 2. The number of aromatic nitrogens is 1. The summed E-state index contributed by atoms with van der Waals surface area (Å²) in [6.45, 7) is 3.78. The van der Waals surface area contributed by atoms with Gasteiger partial charge in [-0.2, -0.15) is 0 Å². The van der Waals surface area contributed by atoms with Crippen LogP contribution in [0, 0.1) is 0 Å². The highest BCUT2D eigenvalue weighted by Gasteiger charge is 2.19. The molecule has 0 spiro atoms. The summed E-state index contributed by atoms with van der Waals surface area (Å²) in [5.74, 6) is 0.840. The third kappa shape index (κ3) is 4.52. The fourth-order valence-corrected chi connectivity index (χ4v) is 1.85. The Morgan fingerprint density at radius 2 is 2.26 bits per heavy atom. The van der Waals surface area contributed by atoms with Gasteiger partial charge in [0.25, 0.3) is 0 Å². The molecule has 2 rings (SSSR count). The Morgan fingerprint density at radius 1 is 1.47 bits per heavy atom. The van der Waals surface area contributed by atoms with Gasteiger partial charge >= 0.3 is 0 Å². The van der Waals surface area contributed by atoms with Crippen LogP contribution in [0.3, 0.4) is 0 Å². The molecule has 1 amide bonds. The Labute approximate surface area is 114 Å². The van der Waals surface area contributed by atoms with E-state index in [2.05, 4.69) is 21.7 Å². The molecule has 1 saturated carbocycles. The largest absolute Gasteiger partial charge is 0.355 e. The highest BCUT2D eigenvalue weighted by Crippen LogP contribution is 2.19. The first-order valence-electron chi connectivity index (χ1n) is 6.85. The lowest BCUT2D eigenvalue weighted by Crippen LogP contribution is -2.35. The fourth-order valence-electron chi connectivity index (χ4n) is 1.85. The van der Waals surface area contributed by atoms with E-state index >= 15 is 0 Å².